The van der Waals surface area contributed by atoms with E-state index in [0.29, 0.717) is 43.0 Å². The van der Waals surface area contributed by atoms with Crippen molar-refractivity contribution < 1.29 is 14.0 Å². The van der Waals surface area contributed by atoms with Gasteiger partial charge < -0.3 is 16.8 Å². The number of hydrogen-bond donors (Lipinski definition) is 3. The monoisotopic (exact) mass is 480 g/mol. The predicted molar refractivity (Wildman–Crippen MR) is 130 cm³/mol. The lowest BCUT2D eigenvalue weighted by Crippen LogP contribution is -2.34. The second-order valence-corrected chi connectivity index (χ2v) is 8.83. The molecule has 1 atom stereocenters. The Hall–Kier alpha value is -3.86. The predicted octanol–water partition coefficient (Wildman–Crippen LogP) is 1.71. The SMILES string of the molecule is Cc1cc(-c2nc(-n3cc(C(N)=O)cn3)c(N)nc2C)cc(C)c1C(=O)NCCN1CC[C@@H](F)C1. The van der Waals surface area contributed by atoms with Crippen molar-refractivity contribution in [3.05, 3.63) is 52.5 Å². The van der Waals surface area contributed by atoms with Crippen molar-refractivity contribution in [2.75, 3.05) is 31.9 Å². The van der Waals surface area contributed by atoms with Crippen molar-refractivity contribution in [3.8, 4) is 17.1 Å². The quantitative estimate of drug-likeness (QED) is 0.467. The van der Waals surface area contributed by atoms with Gasteiger partial charge in [0.2, 0.25) is 0 Å². The number of primary amides is 1. The molecule has 184 valence electrons. The number of nitrogen functional groups attached to an aromatic ring is 1. The van der Waals surface area contributed by atoms with E-state index >= 15 is 0 Å². The Labute approximate surface area is 202 Å². The third kappa shape index (κ3) is 5.14. The molecule has 0 radical (unpaired) electrons. The first kappa shape index (κ1) is 24.3. The molecule has 2 amide bonds. The van der Waals surface area contributed by atoms with Crippen LogP contribution in [0.4, 0.5) is 10.2 Å². The molecule has 1 aliphatic heterocycles. The van der Waals surface area contributed by atoms with Crippen LogP contribution in [0.25, 0.3) is 17.1 Å². The molecule has 3 heterocycles. The fourth-order valence-corrected chi connectivity index (χ4v) is 4.40. The Balaban J connectivity index is 1.57. The number of carbonyl (C=O) groups excluding carboxylic acids is 2. The van der Waals surface area contributed by atoms with Gasteiger partial charge >= 0.3 is 0 Å². The molecule has 4 rings (SSSR count). The number of alkyl halides is 1. The van der Waals surface area contributed by atoms with Crippen LogP contribution < -0.4 is 16.8 Å². The molecule has 1 saturated heterocycles. The highest BCUT2D eigenvalue weighted by atomic mass is 19.1. The molecular weight excluding hydrogens is 451 g/mol. The number of aryl methyl sites for hydroxylation is 3. The average molecular weight is 481 g/mol. The van der Waals surface area contributed by atoms with Crippen molar-refractivity contribution in [1.82, 2.24) is 30.0 Å². The summed E-state index contributed by atoms with van der Waals surface area (Å²) in [6, 6.07) is 3.76. The summed E-state index contributed by atoms with van der Waals surface area (Å²) in [5.41, 5.74) is 15.8. The van der Waals surface area contributed by atoms with Crippen molar-refractivity contribution in [2.24, 2.45) is 5.73 Å². The Morgan fingerprint density at radius 3 is 2.51 bits per heavy atom. The summed E-state index contributed by atoms with van der Waals surface area (Å²) in [5.74, 6) is -0.347. The average Bonchev–Trinajstić information content (AvgIpc) is 3.43. The standard InChI is InChI=1S/C24H29FN8O2/c1-13-8-16(9-14(2)19(13)24(35)28-5-7-32-6-4-18(25)12-32)20-15(3)30-21(26)23(31-20)33-11-17(10-29-33)22(27)34/h8-11,18H,4-7,12H2,1-3H3,(H2,26,30)(H2,27,34)(H,28,35)/t18-/m1/s1. The third-order valence-electron chi connectivity index (χ3n) is 6.12. The van der Waals surface area contributed by atoms with Crippen LogP contribution in [0.3, 0.4) is 0 Å². The number of benzene rings is 1. The van der Waals surface area contributed by atoms with Gasteiger partial charge in [0.15, 0.2) is 11.6 Å². The van der Waals surface area contributed by atoms with Crippen LogP contribution in [0.15, 0.2) is 24.5 Å². The molecule has 10 nitrogen and oxygen atoms in total. The van der Waals surface area contributed by atoms with E-state index in [1.54, 1.807) is 6.92 Å². The molecule has 3 aromatic rings. The first-order valence-electron chi connectivity index (χ1n) is 11.4. The lowest BCUT2D eigenvalue weighted by atomic mass is 9.96. The highest BCUT2D eigenvalue weighted by Crippen LogP contribution is 2.28. The largest absolute Gasteiger partial charge is 0.381 e. The number of nitrogens with two attached hydrogens (primary N) is 2. The van der Waals surface area contributed by atoms with Gasteiger partial charge in [0, 0.05) is 43.5 Å². The van der Waals surface area contributed by atoms with E-state index in [-0.39, 0.29) is 23.1 Å². The number of nitrogens with zero attached hydrogens (tertiary/aromatic N) is 5. The van der Waals surface area contributed by atoms with E-state index in [9.17, 15) is 14.0 Å². The second-order valence-electron chi connectivity index (χ2n) is 8.83. The molecule has 0 bridgehead atoms. The van der Waals surface area contributed by atoms with Gasteiger partial charge in [0.25, 0.3) is 11.8 Å². The Bertz CT molecular complexity index is 1270. The molecule has 0 unspecified atom stereocenters. The summed E-state index contributed by atoms with van der Waals surface area (Å²) >= 11 is 0. The third-order valence-corrected chi connectivity index (χ3v) is 6.12. The Morgan fingerprint density at radius 1 is 1.20 bits per heavy atom. The van der Waals surface area contributed by atoms with Crippen LogP contribution in [0.5, 0.6) is 0 Å². The topological polar surface area (TPSA) is 145 Å². The molecule has 1 aromatic carbocycles. The van der Waals surface area contributed by atoms with E-state index in [1.807, 2.05) is 30.9 Å². The maximum atomic E-state index is 13.3. The van der Waals surface area contributed by atoms with Gasteiger partial charge in [0.1, 0.15) is 6.17 Å². The van der Waals surface area contributed by atoms with E-state index in [4.69, 9.17) is 11.5 Å². The molecular formula is C24H29FN8O2. The van der Waals surface area contributed by atoms with Gasteiger partial charge in [-0.05, 0) is 50.5 Å². The molecule has 35 heavy (non-hydrogen) atoms. The van der Waals surface area contributed by atoms with E-state index in [1.165, 1.54) is 17.1 Å². The van der Waals surface area contributed by atoms with Gasteiger partial charge in [-0.25, -0.2) is 19.0 Å². The smallest absolute Gasteiger partial charge is 0.251 e. The summed E-state index contributed by atoms with van der Waals surface area (Å²) < 4.78 is 14.7. The number of carbonyl (C=O) groups is 2. The van der Waals surface area contributed by atoms with Crippen molar-refractivity contribution in [1.29, 1.82) is 0 Å². The van der Waals surface area contributed by atoms with Gasteiger partial charge in [-0.15, -0.1) is 0 Å². The minimum absolute atomic E-state index is 0.159. The van der Waals surface area contributed by atoms with Gasteiger partial charge in [0.05, 0.1) is 23.1 Å². The number of halogens is 1. The summed E-state index contributed by atoms with van der Waals surface area (Å²) in [5, 5.41) is 7.07. The zero-order valence-electron chi connectivity index (χ0n) is 20.0. The molecule has 1 aliphatic rings. The molecule has 2 aromatic heterocycles. The summed E-state index contributed by atoms with van der Waals surface area (Å²) in [6.07, 6.45) is 2.56. The lowest BCUT2D eigenvalue weighted by molar-refractivity contribution is 0.0947. The minimum Gasteiger partial charge on any atom is -0.381 e. The maximum Gasteiger partial charge on any atom is 0.251 e. The number of hydrogen-bond acceptors (Lipinski definition) is 7. The maximum absolute atomic E-state index is 13.3. The number of anilines is 1. The molecule has 11 heteroatoms. The molecule has 0 spiro atoms. The molecule has 0 saturated carbocycles. The van der Waals surface area contributed by atoms with Crippen LogP contribution in [0.2, 0.25) is 0 Å². The Kier molecular flexibility index (Phi) is 6.79. The summed E-state index contributed by atoms with van der Waals surface area (Å²) in [7, 11) is 0. The van der Waals surface area contributed by atoms with Crippen LogP contribution in [0.1, 0.15) is 44.0 Å². The number of nitrogens with one attached hydrogen (secondary N) is 1. The van der Waals surface area contributed by atoms with Crippen LogP contribution in [-0.4, -0.2) is 68.8 Å². The van der Waals surface area contributed by atoms with E-state index < -0.39 is 12.1 Å². The van der Waals surface area contributed by atoms with E-state index in [2.05, 4.69) is 20.4 Å². The minimum atomic E-state index is -0.776. The second kappa shape index (κ2) is 9.79. The van der Waals surface area contributed by atoms with Gasteiger partial charge in [-0.1, -0.05) is 0 Å². The lowest BCUT2D eigenvalue weighted by Gasteiger charge is -2.17. The van der Waals surface area contributed by atoms with Crippen molar-refractivity contribution >= 4 is 17.6 Å². The highest BCUT2D eigenvalue weighted by molar-refractivity contribution is 5.97. The van der Waals surface area contributed by atoms with Gasteiger partial charge in [-0.2, -0.15) is 5.10 Å². The molecule has 0 aliphatic carbocycles. The number of rotatable bonds is 7. The fraction of sp³-hybridized carbons (Fsp3) is 0.375. The van der Waals surface area contributed by atoms with Crippen molar-refractivity contribution in [2.45, 2.75) is 33.4 Å². The fourth-order valence-electron chi connectivity index (χ4n) is 4.40. The van der Waals surface area contributed by atoms with Crippen LogP contribution >= 0.6 is 0 Å². The normalized spacial score (nSPS) is 15.9. The number of aromatic nitrogens is 4. The van der Waals surface area contributed by atoms with Gasteiger partial charge in [-0.3, -0.25) is 14.5 Å². The Morgan fingerprint density at radius 2 is 1.91 bits per heavy atom. The number of amides is 2. The van der Waals surface area contributed by atoms with E-state index in [0.717, 1.165) is 23.2 Å². The first-order valence-corrected chi connectivity index (χ1v) is 11.4. The summed E-state index contributed by atoms with van der Waals surface area (Å²) in [4.78, 5) is 35.4. The molecule has 5 N–H and O–H groups in total. The zero-order chi connectivity index (χ0) is 25.3. The van der Waals surface area contributed by atoms with Crippen LogP contribution in [-0.2, 0) is 0 Å². The van der Waals surface area contributed by atoms with Crippen molar-refractivity contribution in [3.63, 3.8) is 0 Å². The highest BCUT2D eigenvalue weighted by Gasteiger charge is 2.22. The number of likely N-dealkylation sites (tertiary alicyclic amines) is 1. The van der Waals surface area contributed by atoms with Crippen LogP contribution in [0, 0.1) is 20.8 Å². The first-order chi connectivity index (χ1) is 16.6. The summed E-state index contributed by atoms with van der Waals surface area (Å²) in [6.45, 7) is 7.75. The molecule has 1 fully saturated rings. The zero-order valence-corrected chi connectivity index (χ0v) is 20.0.